The molecule has 1 atom stereocenters. The van der Waals surface area contributed by atoms with Gasteiger partial charge in [-0.3, -0.25) is 9.69 Å². The van der Waals surface area contributed by atoms with Crippen LogP contribution < -0.4 is 10.1 Å². The van der Waals surface area contributed by atoms with Crippen LogP contribution in [0.5, 0.6) is 5.75 Å². The van der Waals surface area contributed by atoms with E-state index in [1.165, 1.54) is 5.56 Å². The highest BCUT2D eigenvalue weighted by atomic mass is 16.5. The average molecular weight is 290 g/mol. The molecule has 114 valence electrons. The third kappa shape index (κ3) is 3.74. The van der Waals surface area contributed by atoms with Gasteiger partial charge in [0, 0.05) is 19.5 Å². The molecular formula is C16H22N2O3. The van der Waals surface area contributed by atoms with Gasteiger partial charge in [-0.15, -0.1) is 0 Å². The van der Waals surface area contributed by atoms with Crippen molar-refractivity contribution in [3.8, 4) is 5.75 Å². The Kier molecular flexibility index (Phi) is 4.41. The van der Waals surface area contributed by atoms with Gasteiger partial charge in [0.25, 0.3) is 0 Å². The molecule has 5 heteroatoms. The van der Waals surface area contributed by atoms with E-state index in [1.54, 1.807) is 0 Å². The third-order valence-corrected chi connectivity index (χ3v) is 4.17. The lowest BCUT2D eigenvalue weighted by molar-refractivity contribution is -0.123. The molecule has 0 spiro atoms. The second-order valence-electron chi connectivity index (χ2n) is 5.86. The van der Waals surface area contributed by atoms with Crippen molar-refractivity contribution in [3.63, 3.8) is 0 Å². The molecule has 0 radical (unpaired) electrons. The molecule has 1 aromatic rings. The highest BCUT2D eigenvalue weighted by molar-refractivity contribution is 5.78. The van der Waals surface area contributed by atoms with E-state index >= 15 is 0 Å². The van der Waals surface area contributed by atoms with E-state index < -0.39 is 0 Å². The molecule has 1 saturated heterocycles. The molecule has 0 bridgehead atoms. The summed E-state index contributed by atoms with van der Waals surface area (Å²) < 4.78 is 5.80. The van der Waals surface area contributed by atoms with Crippen molar-refractivity contribution in [2.75, 3.05) is 26.2 Å². The molecule has 0 aliphatic carbocycles. The predicted octanol–water partition coefficient (Wildman–Crippen LogP) is 0.563. The van der Waals surface area contributed by atoms with Gasteiger partial charge in [-0.1, -0.05) is 18.2 Å². The van der Waals surface area contributed by atoms with E-state index in [-0.39, 0.29) is 18.1 Å². The monoisotopic (exact) mass is 290 g/mol. The summed E-state index contributed by atoms with van der Waals surface area (Å²) in [6, 6.07) is 8.00. The first-order valence-corrected chi connectivity index (χ1v) is 7.62. The molecular weight excluding hydrogens is 268 g/mol. The summed E-state index contributed by atoms with van der Waals surface area (Å²) in [6.45, 7) is 2.54. The van der Waals surface area contributed by atoms with Crippen LogP contribution in [0.4, 0.5) is 0 Å². The van der Waals surface area contributed by atoms with E-state index in [0.29, 0.717) is 13.1 Å². The van der Waals surface area contributed by atoms with E-state index in [4.69, 9.17) is 4.74 Å². The zero-order valence-electron chi connectivity index (χ0n) is 12.1. The number of fused-ring (bicyclic) bond motifs is 1. The SMILES string of the molecule is O=C(CN1CCC(O)CC1)NCC1Cc2ccccc2O1. The zero-order chi connectivity index (χ0) is 14.7. The van der Waals surface area contributed by atoms with Crippen LogP contribution in [0.2, 0.25) is 0 Å². The van der Waals surface area contributed by atoms with Crippen LogP contribution >= 0.6 is 0 Å². The number of likely N-dealkylation sites (tertiary alicyclic amines) is 1. The minimum Gasteiger partial charge on any atom is -0.488 e. The number of amides is 1. The topological polar surface area (TPSA) is 61.8 Å². The minimum atomic E-state index is -0.199. The number of carbonyl (C=O) groups is 1. The van der Waals surface area contributed by atoms with Crippen LogP contribution in [0, 0.1) is 0 Å². The summed E-state index contributed by atoms with van der Waals surface area (Å²) in [5.74, 6) is 0.965. The predicted molar refractivity (Wildman–Crippen MR) is 79.3 cm³/mol. The molecule has 21 heavy (non-hydrogen) atoms. The van der Waals surface area contributed by atoms with E-state index in [2.05, 4.69) is 16.3 Å². The van der Waals surface area contributed by atoms with Gasteiger partial charge in [-0.05, 0) is 24.5 Å². The Labute approximate surface area is 124 Å². The number of hydrogen-bond acceptors (Lipinski definition) is 4. The summed E-state index contributed by atoms with van der Waals surface area (Å²) in [6.07, 6.45) is 2.21. The lowest BCUT2D eigenvalue weighted by atomic mass is 10.1. The maximum absolute atomic E-state index is 12.0. The van der Waals surface area contributed by atoms with Crippen LogP contribution in [0.3, 0.4) is 0 Å². The second-order valence-corrected chi connectivity index (χ2v) is 5.86. The number of aliphatic hydroxyl groups excluding tert-OH is 1. The molecule has 1 fully saturated rings. The van der Waals surface area contributed by atoms with Gasteiger partial charge in [0.15, 0.2) is 0 Å². The molecule has 5 nitrogen and oxygen atoms in total. The Hall–Kier alpha value is -1.59. The van der Waals surface area contributed by atoms with Crippen molar-refractivity contribution in [2.24, 2.45) is 0 Å². The first-order chi connectivity index (χ1) is 10.2. The number of benzene rings is 1. The molecule has 1 aromatic carbocycles. The first-order valence-electron chi connectivity index (χ1n) is 7.62. The Balaban J connectivity index is 1.39. The van der Waals surface area contributed by atoms with Crippen LogP contribution in [0.1, 0.15) is 18.4 Å². The van der Waals surface area contributed by atoms with Gasteiger partial charge in [0.2, 0.25) is 5.91 Å². The lowest BCUT2D eigenvalue weighted by Crippen LogP contribution is -2.44. The number of nitrogens with zero attached hydrogens (tertiary/aromatic N) is 1. The molecule has 2 N–H and O–H groups in total. The number of nitrogens with one attached hydrogen (secondary N) is 1. The second kappa shape index (κ2) is 6.45. The Bertz CT molecular complexity index is 473. The van der Waals surface area contributed by atoms with Crippen LogP contribution in [-0.4, -0.2) is 54.3 Å². The Morgan fingerprint density at radius 1 is 1.33 bits per heavy atom. The van der Waals surface area contributed by atoms with E-state index in [9.17, 15) is 9.90 Å². The summed E-state index contributed by atoms with van der Waals surface area (Å²) in [7, 11) is 0. The van der Waals surface area contributed by atoms with Crippen molar-refractivity contribution in [1.82, 2.24) is 10.2 Å². The van der Waals surface area contributed by atoms with Crippen molar-refractivity contribution in [1.29, 1.82) is 0 Å². The molecule has 2 aliphatic rings. The Morgan fingerprint density at radius 2 is 2.10 bits per heavy atom. The number of rotatable bonds is 4. The van der Waals surface area contributed by atoms with Crippen molar-refractivity contribution < 1.29 is 14.6 Å². The normalized spacial score (nSPS) is 22.6. The maximum Gasteiger partial charge on any atom is 0.234 e. The lowest BCUT2D eigenvalue weighted by Gasteiger charge is -2.28. The third-order valence-electron chi connectivity index (χ3n) is 4.17. The van der Waals surface area contributed by atoms with Gasteiger partial charge < -0.3 is 15.2 Å². The van der Waals surface area contributed by atoms with Gasteiger partial charge in [0.1, 0.15) is 11.9 Å². The molecule has 3 rings (SSSR count). The number of aliphatic hydroxyl groups is 1. The maximum atomic E-state index is 12.0. The van der Waals surface area contributed by atoms with Gasteiger partial charge in [-0.25, -0.2) is 0 Å². The summed E-state index contributed by atoms with van der Waals surface area (Å²) in [5.41, 5.74) is 1.21. The molecule has 2 heterocycles. The van der Waals surface area contributed by atoms with Crippen LogP contribution in [-0.2, 0) is 11.2 Å². The van der Waals surface area contributed by atoms with Gasteiger partial charge in [-0.2, -0.15) is 0 Å². The van der Waals surface area contributed by atoms with E-state index in [1.807, 2.05) is 18.2 Å². The number of hydrogen-bond donors (Lipinski definition) is 2. The summed E-state index contributed by atoms with van der Waals surface area (Å²) in [4.78, 5) is 14.0. The molecule has 2 aliphatic heterocycles. The molecule has 1 amide bonds. The fourth-order valence-electron chi connectivity index (χ4n) is 2.93. The number of carbonyl (C=O) groups excluding carboxylic acids is 1. The smallest absolute Gasteiger partial charge is 0.234 e. The number of piperidine rings is 1. The van der Waals surface area contributed by atoms with Gasteiger partial charge >= 0.3 is 0 Å². The van der Waals surface area contributed by atoms with Crippen LogP contribution in [0.25, 0.3) is 0 Å². The van der Waals surface area contributed by atoms with Gasteiger partial charge in [0.05, 0.1) is 19.2 Å². The molecule has 0 saturated carbocycles. The highest BCUT2D eigenvalue weighted by Gasteiger charge is 2.23. The van der Waals surface area contributed by atoms with Crippen LogP contribution in [0.15, 0.2) is 24.3 Å². The summed E-state index contributed by atoms with van der Waals surface area (Å²) in [5, 5.41) is 12.4. The Morgan fingerprint density at radius 3 is 2.86 bits per heavy atom. The largest absolute Gasteiger partial charge is 0.488 e. The quantitative estimate of drug-likeness (QED) is 0.851. The van der Waals surface area contributed by atoms with Crippen molar-refractivity contribution in [3.05, 3.63) is 29.8 Å². The average Bonchev–Trinajstić information content (AvgIpc) is 2.90. The number of ether oxygens (including phenoxy) is 1. The van der Waals surface area contributed by atoms with E-state index in [0.717, 1.165) is 38.1 Å². The van der Waals surface area contributed by atoms with Crippen molar-refractivity contribution >= 4 is 5.91 Å². The van der Waals surface area contributed by atoms with Crippen molar-refractivity contribution in [2.45, 2.75) is 31.5 Å². The highest BCUT2D eigenvalue weighted by Crippen LogP contribution is 2.27. The standard InChI is InChI=1S/C16H22N2O3/c19-13-5-7-18(8-6-13)11-16(20)17-10-14-9-12-3-1-2-4-15(12)21-14/h1-4,13-14,19H,5-11H2,(H,17,20). The summed E-state index contributed by atoms with van der Waals surface area (Å²) >= 11 is 0. The number of para-hydroxylation sites is 1. The zero-order valence-corrected chi connectivity index (χ0v) is 12.1. The molecule has 1 unspecified atom stereocenters. The molecule has 0 aromatic heterocycles. The fourth-order valence-corrected chi connectivity index (χ4v) is 2.93. The first kappa shape index (κ1) is 14.4. The fraction of sp³-hybridized carbons (Fsp3) is 0.562. The minimum absolute atomic E-state index is 0.0333.